The molecular weight excluding hydrogens is 378 g/mol. The molecule has 0 saturated carbocycles. The Morgan fingerprint density at radius 3 is 2.54 bits per heavy atom. The fraction of sp³-hybridized carbons (Fsp3) is 0.316. The number of anilines is 2. The number of ketones is 1. The Morgan fingerprint density at radius 1 is 1.21 bits per heavy atom. The highest BCUT2D eigenvalue weighted by atomic mass is 32.2. The van der Waals surface area contributed by atoms with Gasteiger partial charge in [0.05, 0.1) is 11.9 Å². The van der Waals surface area contributed by atoms with E-state index in [4.69, 9.17) is 5.73 Å². The van der Waals surface area contributed by atoms with Gasteiger partial charge in [-0.2, -0.15) is 4.31 Å². The van der Waals surface area contributed by atoms with Crippen molar-refractivity contribution in [1.82, 2.24) is 14.3 Å². The third-order valence-corrected chi connectivity index (χ3v) is 6.45. The third kappa shape index (κ3) is 4.55. The van der Waals surface area contributed by atoms with Crippen LogP contribution in [0.1, 0.15) is 24.4 Å². The van der Waals surface area contributed by atoms with Crippen molar-refractivity contribution >= 4 is 33.5 Å². The molecule has 0 radical (unpaired) electrons. The highest BCUT2D eigenvalue weighted by molar-refractivity contribution is 7.89. The van der Waals surface area contributed by atoms with Crippen LogP contribution in [0.4, 0.5) is 11.6 Å². The molecular formula is C19H25N5O3S. The average Bonchev–Trinajstić information content (AvgIpc) is 2.73. The monoisotopic (exact) mass is 403 g/mol. The summed E-state index contributed by atoms with van der Waals surface area (Å²) in [6.45, 7) is 3.34. The maximum atomic E-state index is 12.5. The molecule has 0 spiro atoms. The number of rotatable bonds is 6. The maximum absolute atomic E-state index is 12.5. The van der Waals surface area contributed by atoms with E-state index in [2.05, 4.69) is 9.97 Å². The Hall–Kier alpha value is -2.78. The summed E-state index contributed by atoms with van der Waals surface area (Å²) in [6.07, 6.45) is 4.63. The van der Waals surface area contributed by atoms with Crippen LogP contribution in [-0.4, -0.2) is 60.4 Å². The summed E-state index contributed by atoms with van der Waals surface area (Å²) >= 11 is 0. The Labute approximate surface area is 166 Å². The van der Waals surface area contributed by atoms with Crippen molar-refractivity contribution in [2.45, 2.75) is 6.92 Å². The Morgan fingerprint density at radius 2 is 1.89 bits per heavy atom. The molecule has 1 saturated heterocycles. The van der Waals surface area contributed by atoms with Crippen LogP contribution in [0, 0.1) is 0 Å². The van der Waals surface area contributed by atoms with Crippen molar-refractivity contribution in [2.24, 2.45) is 0 Å². The molecule has 1 aliphatic heterocycles. The van der Waals surface area contributed by atoms with Gasteiger partial charge in [0, 0.05) is 27.6 Å². The van der Waals surface area contributed by atoms with E-state index < -0.39 is 10.0 Å². The Kier molecular flexibility index (Phi) is 6.05. The van der Waals surface area contributed by atoms with Crippen LogP contribution in [0.3, 0.4) is 0 Å². The third-order valence-electron chi connectivity index (χ3n) is 4.57. The molecule has 0 amide bonds. The summed E-state index contributed by atoms with van der Waals surface area (Å²) in [4.78, 5) is 22.9. The molecule has 1 aromatic heterocycles. The number of hydrogen-bond donors (Lipinski definition) is 1. The van der Waals surface area contributed by atoms with Gasteiger partial charge in [0.15, 0.2) is 11.5 Å². The molecule has 9 heteroatoms. The number of nitrogens with zero attached hydrogens (tertiary/aromatic N) is 4. The van der Waals surface area contributed by atoms with Crippen LogP contribution < -0.4 is 10.6 Å². The minimum absolute atomic E-state index is 0. The number of piperazine rings is 1. The predicted molar refractivity (Wildman–Crippen MR) is 112 cm³/mol. The number of nitrogen functional groups attached to an aromatic ring is 1. The number of hydrogen-bond acceptors (Lipinski definition) is 7. The predicted octanol–water partition coefficient (Wildman–Crippen LogP) is 1.67. The zero-order valence-electron chi connectivity index (χ0n) is 15.7. The molecule has 1 aliphatic rings. The summed E-state index contributed by atoms with van der Waals surface area (Å²) in [5.41, 5.74) is 6.84. The highest BCUT2D eigenvalue weighted by Gasteiger charge is 2.26. The van der Waals surface area contributed by atoms with E-state index >= 15 is 0 Å². The van der Waals surface area contributed by atoms with E-state index in [-0.39, 0.29) is 24.5 Å². The lowest BCUT2D eigenvalue weighted by Crippen LogP contribution is -2.49. The molecule has 1 fully saturated rings. The van der Waals surface area contributed by atoms with Gasteiger partial charge in [-0.05, 0) is 18.6 Å². The van der Waals surface area contributed by atoms with Crippen molar-refractivity contribution in [2.75, 3.05) is 42.6 Å². The summed E-state index contributed by atoms with van der Waals surface area (Å²) < 4.78 is 25.4. The van der Waals surface area contributed by atoms with Gasteiger partial charge >= 0.3 is 0 Å². The van der Waals surface area contributed by atoms with Gasteiger partial charge in [0.1, 0.15) is 5.82 Å². The van der Waals surface area contributed by atoms with E-state index in [0.717, 1.165) is 5.56 Å². The minimum atomic E-state index is -3.20. The minimum Gasteiger partial charge on any atom is -0.382 e. The number of allylic oxidation sites excluding steroid dienone is 1. The molecule has 0 aliphatic carbocycles. The van der Waals surface area contributed by atoms with Crippen LogP contribution in [0.25, 0.3) is 6.08 Å². The summed E-state index contributed by atoms with van der Waals surface area (Å²) in [7, 11) is -3.20. The van der Waals surface area contributed by atoms with Crippen LogP contribution in [0.15, 0.2) is 42.6 Å². The second-order valence-corrected chi connectivity index (χ2v) is 8.61. The molecule has 28 heavy (non-hydrogen) atoms. The standard InChI is InChI=1S/C19H23N5O3S.H2/c1-2-28(26,27)24-12-10-23(11-13-24)17-14-21-19(20)18(22-17)16(25)9-8-15-6-4-3-5-7-15;/h3-9,14H,2,10-13H2,1H3,(H2,20,21);1H/b9-8+;. The zero-order valence-corrected chi connectivity index (χ0v) is 16.5. The fourth-order valence-electron chi connectivity index (χ4n) is 2.92. The van der Waals surface area contributed by atoms with Crippen LogP contribution in [0.5, 0.6) is 0 Å². The largest absolute Gasteiger partial charge is 0.382 e. The van der Waals surface area contributed by atoms with Crippen LogP contribution in [0.2, 0.25) is 0 Å². The fourth-order valence-corrected chi connectivity index (χ4v) is 4.00. The molecule has 2 N–H and O–H groups in total. The molecule has 1 aromatic carbocycles. The van der Waals surface area contributed by atoms with Gasteiger partial charge in [-0.25, -0.2) is 18.4 Å². The number of benzene rings is 1. The lowest BCUT2D eigenvalue weighted by molar-refractivity contribution is 0.104. The van der Waals surface area contributed by atoms with Crippen molar-refractivity contribution in [1.29, 1.82) is 0 Å². The molecule has 2 heterocycles. The first-order chi connectivity index (χ1) is 13.4. The number of carbonyl (C=O) groups is 1. The lowest BCUT2D eigenvalue weighted by atomic mass is 10.1. The SMILES string of the molecule is CCS(=O)(=O)N1CCN(c2cnc(N)c(C(=O)/C=C/c3ccccc3)n2)CC1.[HH]. The maximum Gasteiger partial charge on any atom is 0.213 e. The molecule has 0 bridgehead atoms. The Bertz CT molecular complexity index is 975. The number of aromatic nitrogens is 2. The molecule has 8 nitrogen and oxygen atoms in total. The average molecular weight is 404 g/mol. The van der Waals surface area contributed by atoms with Gasteiger partial charge in [-0.1, -0.05) is 36.4 Å². The quantitative estimate of drug-likeness (QED) is 0.577. The molecule has 2 aromatic rings. The second kappa shape index (κ2) is 8.49. The first-order valence-electron chi connectivity index (χ1n) is 9.03. The van der Waals surface area contributed by atoms with Gasteiger partial charge in [0.2, 0.25) is 15.8 Å². The van der Waals surface area contributed by atoms with E-state index in [0.29, 0.717) is 32.0 Å². The van der Waals surface area contributed by atoms with Crippen LogP contribution in [-0.2, 0) is 10.0 Å². The van der Waals surface area contributed by atoms with Crippen molar-refractivity contribution < 1.29 is 14.6 Å². The van der Waals surface area contributed by atoms with Crippen molar-refractivity contribution in [3.05, 3.63) is 53.9 Å². The molecule has 0 atom stereocenters. The van der Waals surface area contributed by atoms with E-state index in [1.165, 1.54) is 16.6 Å². The normalized spacial score (nSPS) is 15.8. The smallest absolute Gasteiger partial charge is 0.213 e. The van der Waals surface area contributed by atoms with Gasteiger partial charge < -0.3 is 10.6 Å². The van der Waals surface area contributed by atoms with Crippen molar-refractivity contribution in [3.8, 4) is 0 Å². The molecule has 0 unspecified atom stereocenters. The van der Waals surface area contributed by atoms with E-state index in [1.807, 2.05) is 35.2 Å². The summed E-state index contributed by atoms with van der Waals surface area (Å²) in [5, 5.41) is 0. The van der Waals surface area contributed by atoms with Gasteiger partial charge in [0.25, 0.3) is 0 Å². The number of carbonyl (C=O) groups excluding carboxylic acids is 1. The first-order valence-corrected chi connectivity index (χ1v) is 10.6. The van der Waals surface area contributed by atoms with E-state index in [1.54, 1.807) is 13.0 Å². The second-order valence-electron chi connectivity index (χ2n) is 6.36. The number of nitrogens with two attached hydrogens (primary N) is 1. The topological polar surface area (TPSA) is 109 Å². The summed E-state index contributed by atoms with van der Waals surface area (Å²) in [5.74, 6) is 0.335. The Balaban J connectivity index is 0.00000300. The first kappa shape index (κ1) is 20.0. The molecule has 3 rings (SSSR count). The zero-order chi connectivity index (χ0) is 20.1. The van der Waals surface area contributed by atoms with Crippen molar-refractivity contribution in [3.63, 3.8) is 0 Å². The molecule has 150 valence electrons. The van der Waals surface area contributed by atoms with E-state index in [9.17, 15) is 13.2 Å². The number of sulfonamides is 1. The summed E-state index contributed by atoms with van der Waals surface area (Å²) in [6, 6.07) is 9.45. The lowest BCUT2D eigenvalue weighted by Gasteiger charge is -2.34. The van der Waals surface area contributed by atoms with Gasteiger partial charge in [-0.3, -0.25) is 4.79 Å². The highest BCUT2D eigenvalue weighted by Crippen LogP contribution is 2.18. The van der Waals surface area contributed by atoms with Gasteiger partial charge in [-0.15, -0.1) is 0 Å². The van der Waals surface area contributed by atoms with Crippen LogP contribution >= 0.6 is 0 Å².